The van der Waals surface area contributed by atoms with Crippen LogP contribution in [0, 0.1) is 50.6 Å². The molecular weight excluding hydrogens is 1530 g/mol. The minimum Gasteiger partial charge on any atom is -0.489 e. The van der Waals surface area contributed by atoms with Crippen LogP contribution in [0.15, 0.2) is 185 Å². The number of nitro groups is 5. The maximum absolute atomic E-state index is 13.0. The molecule has 0 saturated heterocycles. The highest BCUT2D eigenvalue weighted by atomic mass is 16.7. The molecule has 0 aliphatic rings. The number of nitrogen functional groups attached to an aromatic ring is 1. The standard InChI is InChI=1S/C23H26N2O7.2C13H15NO6.C13H15NO5.C10H11NO2.C7H5NO4/c1-5-13-30-20-18(11-12-19(25(28)29)21(20)32-15(3)4)22(26)24-17-9-7-16(8-10-17)23(27)31-14-6-2;2*1-4-7-19-11-9(13(15)16)5-6-10(14(17)18)12(11)20-8(2)3;1-4-7-18-12-10(8-15)5-6-11(14(16)17)13(12)19-9(2)3;1-2-7-13-10(12)8-3-5-9(11)6-4-8;9-7(10)5-1-3-6(4-2-5)8(11)12/h6-12,15H,2,5,13-14H2,1,3-4H3,(H,24,26);2*4-6,8H,1,7H2,2-3H3,(H,15,16);4-6,8-9H,1,7H2,2-3H3;2-6H,1,7,11H2;1-4H,(H,9,10). The SMILES string of the molecule is C=CCOC(=O)c1ccc(N)cc1.C=CCOC(=O)c1ccc(NC(=O)c2ccc([N+](=O)[O-])c(OC(C)C)c2OCCC)cc1.C=CCOc1c(C(=O)O)ccc([N+](=O)[O-])c1OC(C)C.C=CCOc1c(C(=O)O)ccc([N+](=O)[O-])c1OC(C)C.C=CCOc1c(C=O)ccc([N+](=O)[O-])c1OC(C)C.O=C(O)c1ccc([N+](=O)[O-])cc1. The molecule has 0 aromatic heterocycles. The Bertz CT molecular complexity index is 4510. The van der Waals surface area contributed by atoms with Gasteiger partial charge in [0.2, 0.25) is 23.0 Å². The molecule has 0 radical (unpaired) electrons. The zero-order chi connectivity index (χ0) is 87.5. The number of non-ortho nitro benzene ring substituents is 1. The highest BCUT2D eigenvalue weighted by Gasteiger charge is 2.32. The van der Waals surface area contributed by atoms with Crippen LogP contribution in [0.5, 0.6) is 46.0 Å². The Hall–Kier alpha value is -15.1. The molecule has 0 atom stereocenters. The van der Waals surface area contributed by atoms with E-state index in [1.165, 1.54) is 78.9 Å². The summed E-state index contributed by atoms with van der Waals surface area (Å²) in [4.78, 5) is 131. The number of ether oxygens (including phenoxy) is 10. The van der Waals surface area contributed by atoms with Gasteiger partial charge in [0.25, 0.3) is 11.6 Å². The van der Waals surface area contributed by atoms with Gasteiger partial charge in [0.05, 0.1) is 83.5 Å². The second kappa shape index (κ2) is 49.9. The summed E-state index contributed by atoms with van der Waals surface area (Å²) in [6, 6.07) is 26.9. The molecule has 618 valence electrons. The number of carbonyl (C=O) groups excluding carboxylic acids is 4. The first-order valence-electron chi connectivity index (χ1n) is 34.4. The average Bonchev–Trinajstić information content (AvgIpc) is 0.813. The van der Waals surface area contributed by atoms with E-state index in [1.807, 2.05) is 6.92 Å². The van der Waals surface area contributed by atoms with Gasteiger partial charge in [0, 0.05) is 47.8 Å². The Morgan fingerprint density at radius 2 is 0.724 bits per heavy atom. The molecule has 0 heterocycles. The fourth-order valence-electron chi connectivity index (χ4n) is 8.68. The van der Waals surface area contributed by atoms with Crippen molar-refractivity contribution in [1.29, 1.82) is 0 Å². The lowest BCUT2D eigenvalue weighted by atomic mass is 10.1. The van der Waals surface area contributed by atoms with Crippen LogP contribution in [0.3, 0.4) is 0 Å². The van der Waals surface area contributed by atoms with Crippen LogP contribution in [0.25, 0.3) is 0 Å². The second-order valence-electron chi connectivity index (χ2n) is 23.8. The van der Waals surface area contributed by atoms with E-state index in [1.54, 1.807) is 91.8 Å². The number of nitrogens with one attached hydrogen (secondary N) is 1. The van der Waals surface area contributed by atoms with Gasteiger partial charge in [0.1, 0.15) is 44.2 Å². The van der Waals surface area contributed by atoms with Crippen molar-refractivity contribution in [3.05, 3.63) is 274 Å². The van der Waals surface area contributed by atoms with Gasteiger partial charge in [-0.3, -0.25) is 60.2 Å². The molecule has 37 nitrogen and oxygen atoms in total. The molecule has 1 amide bonds. The third-order valence-corrected chi connectivity index (χ3v) is 13.4. The number of hydrogen-bond acceptors (Lipinski definition) is 28. The topological polar surface area (TPSA) is 526 Å². The molecule has 0 fully saturated rings. The van der Waals surface area contributed by atoms with Crippen molar-refractivity contribution in [2.24, 2.45) is 0 Å². The molecule has 37 heteroatoms. The van der Waals surface area contributed by atoms with Crippen molar-refractivity contribution in [2.45, 2.75) is 93.2 Å². The van der Waals surface area contributed by atoms with Crippen molar-refractivity contribution in [3.63, 3.8) is 0 Å². The van der Waals surface area contributed by atoms with Crippen molar-refractivity contribution in [2.75, 3.05) is 50.7 Å². The predicted octanol–water partition coefficient (Wildman–Crippen LogP) is 15.7. The number of amides is 1. The summed E-state index contributed by atoms with van der Waals surface area (Å²) in [6.07, 6.45) is 7.08. The van der Waals surface area contributed by atoms with E-state index >= 15 is 0 Å². The van der Waals surface area contributed by atoms with Crippen LogP contribution in [-0.2, 0) is 9.47 Å². The zero-order valence-electron chi connectivity index (χ0n) is 64.5. The number of carbonyl (C=O) groups is 7. The number of rotatable bonds is 37. The minimum absolute atomic E-state index is 0.00982. The van der Waals surface area contributed by atoms with Crippen LogP contribution in [0.1, 0.15) is 141 Å². The number of nitro benzene ring substituents is 5. The molecule has 6 N–H and O–H groups in total. The van der Waals surface area contributed by atoms with Crippen LogP contribution in [-0.4, -0.2) is 146 Å². The van der Waals surface area contributed by atoms with Gasteiger partial charge < -0.3 is 73.7 Å². The van der Waals surface area contributed by atoms with Crippen molar-refractivity contribution in [1.82, 2.24) is 0 Å². The lowest BCUT2D eigenvalue weighted by Gasteiger charge is -2.18. The van der Waals surface area contributed by atoms with E-state index in [-0.39, 0.29) is 172 Å². The van der Waals surface area contributed by atoms with E-state index in [9.17, 15) is 84.1 Å². The smallest absolute Gasteiger partial charge is 0.339 e. The molecule has 7 aromatic rings. The average molecular weight is 1610 g/mol. The number of carboxylic acids is 3. The molecule has 0 aliphatic heterocycles. The van der Waals surface area contributed by atoms with Crippen molar-refractivity contribution in [3.8, 4) is 46.0 Å². The maximum Gasteiger partial charge on any atom is 0.339 e. The first kappa shape index (κ1) is 97.0. The maximum atomic E-state index is 13.0. The second-order valence-corrected chi connectivity index (χ2v) is 23.8. The first-order valence-corrected chi connectivity index (χ1v) is 34.4. The van der Waals surface area contributed by atoms with Crippen LogP contribution in [0.2, 0.25) is 0 Å². The number of nitrogens with zero attached hydrogens (tertiary/aromatic N) is 5. The van der Waals surface area contributed by atoms with E-state index in [0.717, 1.165) is 36.4 Å². The molecule has 0 saturated carbocycles. The van der Waals surface area contributed by atoms with Gasteiger partial charge in [-0.15, -0.1) is 0 Å². The molecule has 7 rings (SSSR count). The highest BCUT2D eigenvalue weighted by Crippen LogP contribution is 2.44. The van der Waals surface area contributed by atoms with Gasteiger partial charge in [-0.05, 0) is 147 Å². The van der Waals surface area contributed by atoms with E-state index in [2.05, 4.69) is 38.2 Å². The quantitative estimate of drug-likeness (QED) is 0.00603. The van der Waals surface area contributed by atoms with Crippen molar-refractivity contribution < 1.29 is 121 Å². The number of nitrogens with two attached hydrogens (primary N) is 1. The van der Waals surface area contributed by atoms with Gasteiger partial charge in [-0.1, -0.05) is 70.2 Å². The van der Waals surface area contributed by atoms with Gasteiger partial charge >= 0.3 is 52.6 Å². The Morgan fingerprint density at radius 3 is 1.03 bits per heavy atom. The van der Waals surface area contributed by atoms with Crippen LogP contribution >= 0.6 is 0 Å². The summed E-state index contributed by atoms with van der Waals surface area (Å²) in [5.41, 5.74) is 5.92. The summed E-state index contributed by atoms with van der Waals surface area (Å²) < 4.78 is 53.1. The Kier molecular flexibility index (Phi) is 41.8. The molecule has 0 bridgehead atoms. The fourth-order valence-corrected chi connectivity index (χ4v) is 8.68. The summed E-state index contributed by atoms with van der Waals surface area (Å²) in [6.45, 7) is 33.5. The summed E-state index contributed by atoms with van der Waals surface area (Å²) in [5.74, 6) is -5.78. The predicted molar refractivity (Wildman–Crippen MR) is 424 cm³/mol. The van der Waals surface area contributed by atoms with Crippen molar-refractivity contribution >= 4 is 81.9 Å². The van der Waals surface area contributed by atoms with E-state index < -0.39 is 54.4 Å². The largest absolute Gasteiger partial charge is 0.489 e. The molecule has 116 heavy (non-hydrogen) atoms. The van der Waals surface area contributed by atoms with Gasteiger partial charge in [0.15, 0.2) is 29.3 Å². The Labute approximate surface area is 664 Å². The lowest BCUT2D eigenvalue weighted by molar-refractivity contribution is -0.386. The van der Waals surface area contributed by atoms with Crippen LogP contribution in [0.4, 0.5) is 39.8 Å². The monoisotopic (exact) mass is 1610 g/mol. The number of anilines is 2. The number of hydrogen-bond donors (Lipinski definition) is 5. The van der Waals surface area contributed by atoms with E-state index in [0.29, 0.717) is 35.2 Å². The third-order valence-electron chi connectivity index (χ3n) is 13.4. The Morgan fingerprint density at radius 1 is 0.405 bits per heavy atom. The van der Waals surface area contributed by atoms with Gasteiger partial charge in [-0.2, -0.15) is 0 Å². The molecule has 0 unspecified atom stereocenters. The highest BCUT2D eigenvalue weighted by molar-refractivity contribution is 6.07. The number of carboxylic acid groups (broad SMARTS) is 3. The lowest BCUT2D eigenvalue weighted by Crippen LogP contribution is -2.17. The Balaban J connectivity index is 0.000000486. The minimum atomic E-state index is -1.26. The summed E-state index contributed by atoms with van der Waals surface area (Å²) >= 11 is 0. The van der Waals surface area contributed by atoms with E-state index in [4.69, 9.17) is 68.4 Å². The molecule has 7 aromatic carbocycles. The van der Waals surface area contributed by atoms with Gasteiger partial charge in [-0.25, -0.2) is 24.0 Å². The molecular formula is C79H87N7O30. The number of aromatic carboxylic acids is 3. The number of aldehydes is 1. The molecule has 0 aliphatic carbocycles. The van der Waals surface area contributed by atoms with Crippen LogP contribution < -0.4 is 48.9 Å². The normalized spacial score (nSPS) is 10.0. The summed E-state index contributed by atoms with van der Waals surface area (Å²) in [5, 5.41) is 84.0. The first-order chi connectivity index (χ1) is 54.9. The zero-order valence-corrected chi connectivity index (χ0v) is 64.5. The number of benzene rings is 7. The molecule has 0 spiro atoms. The summed E-state index contributed by atoms with van der Waals surface area (Å²) in [7, 11) is 0. The number of esters is 2. The third kappa shape index (κ3) is 31.7. The fraction of sp³-hybridized carbons (Fsp3) is 0.253.